The highest BCUT2D eigenvalue weighted by Gasteiger charge is 2.05. The summed E-state index contributed by atoms with van der Waals surface area (Å²) in [5.74, 6) is 0. The van der Waals surface area contributed by atoms with Crippen molar-refractivity contribution in [1.29, 1.82) is 0 Å². The van der Waals surface area contributed by atoms with E-state index in [4.69, 9.17) is 10.2 Å². The lowest BCUT2D eigenvalue weighted by atomic mass is 10.0. The second-order valence-electron chi connectivity index (χ2n) is 14.2. The van der Waals surface area contributed by atoms with Crippen LogP contribution in [0.25, 0.3) is 0 Å². The van der Waals surface area contributed by atoms with Gasteiger partial charge >= 0.3 is 0 Å². The Hall–Kier alpha value is -0.660. The molecule has 0 saturated carbocycles. The SMILES string of the molecule is CCCCCCCCCCC(CCCCCCCCCC)=NN=C(CCCCCCCCCC)CCCCCCCCCC. The van der Waals surface area contributed by atoms with Crippen LogP contribution in [0.1, 0.15) is 259 Å². The van der Waals surface area contributed by atoms with Gasteiger partial charge in [-0.3, -0.25) is 0 Å². The van der Waals surface area contributed by atoms with Crippen LogP contribution < -0.4 is 0 Å². The zero-order chi connectivity index (χ0) is 32.0. The first-order chi connectivity index (χ1) is 21.8. The van der Waals surface area contributed by atoms with Gasteiger partial charge in [0.2, 0.25) is 0 Å². The molecule has 0 aliphatic carbocycles. The fourth-order valence-electron chi connectivity index (χ4n) is 6.44. The third kappa shape index (κ3) is 34.2. The first kappa shape index (κ1) is 43.3. The van der Waals surface area contributed by atoms with Crippen LogP contribution in [-0.4, -0.2) is 11.4 Å². The second kappa shape index (κ2) is 38.5. The molecular formula is C42H84N2. The Morgan fingerprint density at radius 1 is 0.227 bits per heavy atom. The van der Waals surface area contributed by atoms with Gasteiger partial charge in [0.15, 0.2) is 0 Å². The van der Waals surface area contributed by atoms with E-state index in [0.717, 1.165) is 0 Å². The molecule has 0 radical (unpaired) electrons. The summed E-state index contributed by atoms with van der Waals surface area (Å²) in [6.07, 6.45) is 49.2. The van der Waals surface area contributed by atoms with E-state index < -0.39 is 0 Å². The molecule has 0 aromatic heterocycles. The van der Waals surface area contributed by atoms with Crippen LogP contribution in [0.4, 0.5) is 0 Å². The average Bonchev–Trinajstić information content (AvgIpc) is 3.03. The first-order valence-corrected chi connectivity index (χ1v) is 20.9. The van der Waals surface area contributed by atoms with Crippen molar-refractivity contribution in [2.24, 2.45) is 10.2 Å². The molecule has 0 N–H and O–H groups in total. The van der Waals surface area contributed by atoms with E-state index in [-0.39, 0.29) is 0 Å². The van der Waals surface area contributed by atoms with Crippen LogP contribution in [0.3, 0.4) is 0 Å². The lowest BCUT2D eigenvalue weighted by Gasteiger charge is -2.09. The molecule has 2 nitrogen and oxygen atoms in total. The van der Waals surface area contributed by atoms with Crippen molar-refractivity contribution in [3.05, 3.63) is 0 Å². The molecule has 0 fully saturated rings. The van der Waals surface area contributed by atoms with E-state index in [1.54, 1.807) is 0 Å². The molecule has 44 heavy (non-hydrogen) atoms. The molecular weight excluding hydrogens is 532 g/mol. The summed E-state index contributed by atoms with van der Waals surface area (Å²) in [6, 6.07) is 0. The maximum absolute atomic E-state index is 5.04. The van der Waals surface area contributed by atoms with Gasteiger partial charge in [-0.15, -0.1) is 0 Å². The number of nitrogens with zero attached hydrogens (tertiary/aromatic N) is 2. The van der Waals surface area contributed by atoms with Crippen LogP contribution in [0.5, 0.6) is 0 Å². The Morgan fingerprint density at radius 3 is 0.568 bits per heavy atom. The van der Waals surface area contributed by atoms with E-state index in [2.05, 4.69) is 27.7 Å². The molecule has 0 saturated heterocycles. The van der Waals surface area contributed by atoms with E-state index in [1.165, 1.54) is 243 Å². The van der Waals surface area contributed by atoms with Crippen molar-refractivity contribution in [1.82, 2.24) is 0 Å². The molecule has 0 aliphatic rings. The van der Waals surface area contributed by atoms with Crippen LogP contribution >= 0.6 is 0 Å². The third-order valence-corrected chi connectivity index (χ3v) is 9.61. The fraction of sp³-hybridized carbons (Fsp3) is 0.952. The van der Waals surface area contributed by atoms with E-state index in [9.17, 15) is 0 Å². The largest absolute Gasteiger partial charge is 0.160 e. The third-order valence-electron chi connectivity index (χ3n) is 9.61. The molecule has 0 spiro atoms. The Balaban J connectivity index is 4.90. The van der Waals surface area contributed by atoms with Gasteiger partial charge in [0.05, 0.1) is 0 Å². The lowest BCUT2D eigenvalue weighted by molar-refractivity contribution is 0.572. The normalized spacial score (nSPS) is 11.3. The van der Waals surface area contributed by atoms with E-state index in [0.29, 0.717) is 0 Å². The highest BCUT2D eigenvalue weighted by molar-refractivity contribution is 5.88. The zero-order valence-electron chi connectivity index (χ0n) is 31.4. The van der Waals surface area contributed by atoms with Crippen LogP contribution in [0.15, 0.2) is 10.2 Å². The Bertz CT molecular complexity index is 497. The lowest BCUT2D eigenvalue weighted by Crippen LogP contribution is -2.02. The topological polar surface area (TPSA) is 24.7 Å². The van der Waals surface area contributed by atoms with Crippen molar-refractivity contribution in [2.45, 2.75) is 259 Å². The maximum atomic E-state index is 5.04. The predicted molar refractivity (Wildman–Crippen MR) is 204 cm³/mol. The molecule has 0 aromatic rings. The number of hydrogen-bond donors (Lipinski definition) is 0. The number of unbranched alkanes of at least 4 members (excludes halogenated alkanes) is 28. The fourth-order valence-corrected chi connectivity index (χ4v) is 6.44. The molecule has 0 unspecified atom stereocenters. The highest BCUT2D eigenvalue weighted by Crippen LogP contribution is 2.17. The van der Waals surface area contributed by atoms with Gasteiger partial charge in [0.1, 0.15) is 0 Å². The molecule has 0 aliphatic heterocycles. The van der Waals surface area contributed by atoms with E-state index >= 15 is 0 Å². The summed E-state index contributed by atoms with van der Waals surface area (Å²) in [7, 11) is 0. The Kier molecular flexibility index (Phi) is 37.9. The summed E-state index contributed by atoms with van der Waals surface area (Å²) in [4.78, 5) is 0. The summed E-state index contributed by atoms with van der Waals surface area (Å²) in [6.45, 7) is 9.25. The van der Waals surface area contributed by atoms with Gasteiger partial charge in [0, 0.05) is 11.4 Å². The van der Waals surface area contributed by atoms with Crippen molar-refractivity contribution >= 4 is 11.4 Å². The average molecular weight is 617 g/mol. The molecule has 262 valence electrons. The smallest absolute Gasteiger partial charge is 0.0405 e. The van der Waals surface area contributed by atoms with Crippen LogP contribution in [0, 0.1) is 0 Å². The second-order valence-corrected chi connectivity index (χ2v) is 14.2. The predicted octanol–water partition coefficient (Wildman–Crippen LogP) is 15.9. The number of hydrogen-bond acceptors (Lipinski definition) is 2. The van der Waals surface area contributed by atoms with E-state index in [1.807, 2.05) is 0 Å². The summed E-state index contributed by atoms with van der Waals surface area (Å²) >= 11 is 0. The Morgan fingerprint density at radius 2 is 0.386 bits per heavy atom. The summed E-state index contributed by atoms with van der Waals surface area (Å²) < 4.78 is 0. The molecule has 0 atom stereocenters. The van der Waals surface area contributed by atoms with Crippen molar-refractivity contribution in [2.75, 3.05) is 0 Å². The molecule has 2 heteroatoms. The Labute approximate surface area is 279 Å². The molecule has 0 amide bonds. The minimum atomic E-state index is 1.18. The van der Waals surface area contributed by atoms with Gasteiger partial charge in [-0.2, -0.15) is 10.2 Å². The minimum Gasteiger partial charge on any atom is -0.160 e. The van der Waals surface area contributed by atoms with Crippen molar-refractivity contribution in [3.63, 3.8) is 0 Å². The van der Waals surface area contributed by atoms with Gasteiger partial charge < -0.3 is 0 Å². The molecule has 0 heterocycles. The van der Waals surface area contributed by atoms with Crippen molar-refractivity contribution in [3.8, 4) is 0 Å². The summed E-state index contributed by atoms with van der Waals surface area (Å²) in [5.41, 5.74) is 2.82. The van der Waals surface area contributed by atoms with Gasteiger partial charge in [-0.1, -0.05) is 207 Å². The van der Waals surface area contributed by atoms with Gasteiger partial charge in [0.25, 0.3) is 0 Å². The van der Waals surface area contributed by atoms with Gasteiger partial charge in [-0.05, 0) is 51.4 Å². The van der Waals surface area contributed by atoms with Gasteiger partial charge in [-0.25, -0.2) is 0 Å². The molecule has 0 bridgehead atoms. The quantitative estimate of drug-likeness (QED) is 0.0377. The molecule has 0 aromatic carbocycles. The van der Waals surface area contributed by atoms with Crippen LogP contribution in [0.2, 0.25) is 0 Å². The monoisotopic (exact) mass is 617 g/mol. The molecule has 0 rings (SSSR count). The number of rotatable bonds is 37. The maximum Gasteiger partial charge on any atom is 0.0405 e. The summed E-state index contributed by atoms with van der Waals surface area (Å²) in [5, 5.41) is 10.1. The zero-order valence-corrected chi connectivity index (χ0v) is 31.4. The highest BCUT2D eigenvalue weighted by atomic mass is 15.2. The minimum absolute atomic E-state index is 1.18. The van der Waals surface area contributed by atoms with Crippen molar-refractivity contribution < 1.29 is 0 Å². The van der Waals surface area contributed by atoms with Crippen LogP contribution in [-0.2, 0) is 0 Å². The first-order valence-electron chi connectivity index (χ1n) is 20.9. The standard InChI is InChI=1S/C42H84N2/c1-5-9-13-17-21-25-29-33-37-41(38-34-30-26-22-18-14-10-6-2)43-44-42(39-35-31-27-23-19-15-11-7-3)40-36-32-28-24-20-16-12-8-4/h5-40H2,1-4H3.